The van der Waals surface area contributed by atoms with Crippen molar-refractivity contribution in [2.24, 2.45) is 0 Å². The third-order valence-corrected chi connectivity index (χ3v) is 5.33. The topological polar surface area (TPSA) is 73.6 Å². The van der Waals surface area contributed by atoms with Gasteiger partial charge in [0.15, 0.2) is 18.0 Å². The van der Waals surface area contributed by atoms with Gasteiger partial charge in [-0.1, -0.05) is 39.1 Å². The van der Waals surface area contributed by atoms with Crippen LogP contribution in [0.15, 0.2) is 54.6 Å². The molecule has 2 aromatic carbocycles. The molecule has 0 bridgehead atoms. The van der Waals surface area contributed by atoms with Gasteiger partial charge < -0.3 is 9.15 Å². The maximum absolute atomic E-state index is 12.2. The lowest BCUT2D eigenvalue weighted by molar-refractivity contribution is 0.0470. The molecule has 0 aliphatic carbocycles. The highest BCUT2D eigenvalue weighted by Gasteiger charge is 2.18. The highest BCUT2D eigenvalue weighted by atomic mass is 79.9. The molecule has 0 atom stereocenters. The fraction of sp³-hybridized carbons (Fsp3) is 0.0556. The fourth-order valence-electron chi connectivity index (χ4n) is 2.26. The van der Waals surface area contributed by atoms with Crippen molar-refractivity contribution in [1.82, 2.24) is 0 Å². The average Bonchev–Trinajstić information content (AvgIpc) is 2.62. The number of esters is 1. The molecule has 9 heteroatoms. The highest BCUT2D eigenvalue weighted by molar-refractivity contribution is 9.11. The average molecular weight is 535 g/mol. The Balaban J connectivity index is 1.81. The number of fused-ring (bicyclic) bond motifs is 1. The van der Waals surface area contributed by atoms with Crippen molar-refractivity contribution >= 4 is 77.8 Å². The molecule has 1 aromatic heterocycles. The van der Waals surface area contributed by atoms with Crippen LogP contribution in [0.2, 0.25) is 10.0 Å². The van der Waals surface area contributed by atoms with E-state index in [1.165, 1.54) is 24.3 Å². The zero-order chi connectivity index (χ0) is 19.7. The molecule has 0 aliphatic rings. The highest BCUT2D eigenvalue weighted by Crippen LogP contribution is 2.28. The molecule has 0 unspecified atom stereocenters. The van der Waals surface area contributed by atoms with Crippen LogP contribution in [-0.2, 0) is 4.74 Å². The van der Waals surface area contributed by atoms with Crippen molar-refractivity contribution in [2.45, 2.75) is 0 Å². The first-order chi connectivity index (χ1) is 12.8. The van der Waals surface area contributed by atoms with Gasteiger partial charge in [0, 0.05) is 15.4 Å². The van der Waals surface area contributed by atoms with E-state index in [2.05, 4.69) is 31.9 Å². The number of carbonyl (C=O) groups excluding carboxylic acids is 2. The molecule has 0 fully saturated rings. The molecule has 0 amide bonds. The number of hydrogen-bond donors (Lipinski definition) is 0. The predicted octanol–water partition coefficient (Wildman–Crippen LogP) is 5.66. The quantitative estimate of drug-likeness (QED) is 0.245. The molecular formula is C18H8Br2Cl2O5. The SMILES string of the molecule is O=C(COC(=O)c1cc2cc(Br)cc(Br)c2oc1=O)c1ccc(Cl)c(Cl)c1. The van der Waals surface area contributed by atoms with Gasteiger partial charge >= 0.3 is 11.6 Å². The Labute approximate surface area is 179 Å². The molecule has 27 heavy (non-hydrogen) atoms. The summed E-state index contributed by atoms with van der Waals surface area (Å²) < 4.78 is 11.4. The minimum absolute atomic E-state index is 0.208. The second-order valence-corrected chi connectivity index (χ2v) is 7.97. The summed E-state index contributed by atoms with van der Waals surface area (Å²) in [6.45, 7) is -0.559. The van der Waals surface area contributed by atoms with Crippen molar-refractivity contribution < 1.29 is 18.7 Å². The van der Waals surface area contributed by atoms with E-state index in [-0.39, 0.29) is 16.1 Å². The summed E-state index contributed by atoms with van der Waals surface area (Å²) in [5.74, 6) is -1.45. The van der Waals surface area contributed by atoms with E-state index in [1.807, 2.05) is 0 Å². The molecule has 0 spiro atoms. The lowest BCUT2D eigenvalue weighted by Crippen LogP contribution is -2.20. The van der Waals surface area contributed by atoms with Crippen LogP contribution in [-0.4, -0.2) is 18.4 Å². The number of halogens is 4. The minimum Gasteiger partial charge on any atom is -0.453 e. The standard InChI is InChI=1S/C18H8Br2Cl2O5/c19-10-3-9-4-11(18(25)27-16(9)12(20)6-10)17(24)26-7-15(23)8-1-2-13(21)14(22)5-8/h1-6H,7H2. The molecule has 3 rings (SSSR count). The summed E-state index contributed by atoms with van der Waals surface area (Å²) in [5.41, 5.74) is -0.644. The van der Waals surface area contributed by atoms with Crippen molar-refractivity contribution in [1.29, 1.82) is 0 Å². The van der Waals surface area contributed by atoms with Gasteiger partial charge in [0.25, 0.3) is 0 Å². The molecular weight excluding hydrogens is 527 g/mol. The van der Waals surface area contributed by atoms with Crippen molar-refractivity contribution in [2.75, 3.05) is 6.61 Å². The number of carbonyl (C=O) groups is 2. The maximum atomic E-state index is 12.2. The van der Waals surface area contributed by atoms with E-state index in [0.29, 0.717) is 20.5 Å². The van der Waals surface area contributed by atoms with Gasteiger partial charge in [0.05, 0.1) is 14.5 Å². The Hall–Kier alpha value is -1.67. The Kier molecular flexibility index (Phi) is 6.05. The first-order valence-corrected chi connectivity index (χ1v) is 9.68. The van der Waals surface area contributed by atoms with E-state index < -0.39 is 24.0 Å². The van der Waals surface area contributed by atoms with Crippen LogP contribution < -0.4 is 5.63 Å². The Bertz CT molecular complexity index is 1140. The van der Waals surface area contributed by atoms with Crippen LogP contribution in [0.5, 0.6) is 0 Å². The minimum atomic E-state index is -0.963. The second kappa shape index (κ2) is 8.14. The zero-order valence-corrected chi connectivity index (χ0v) is 17.9. The molecule has 5 nitrogen and oxygen atoms in total. The third-order valence-electron chi connectivity index (χ3n) is 3.55. The Morgan fingerprint density at radius 3 is 2.48 bits per heavy atom. The number of benzene rings is 2. The predicted molar refractivity (Wildman–Crippen MR) is 109 cm³/mol. The van der Waals surface area contributed by atoms with Crippen LogP contribution in [0, 0.1) is 0 Å². The molecule has 0 aliphatic heterocycles. The summed E-state index contributed by atoms with van der Waals surface area (Å²) in [5, 5.41) is 1.02. The van der Waals surface area contributed by atoms with Crippen LogP contribution in [0.25, 0.3) is 11.0 Å². The maximum Gasteiger partial charge on any atom is 0.351 e. The molecule has 0 saturated carbocycles. The number of hydrogen-bond acceptors (Lipinski definition) is 5. The van der Waals surface area contributed by atoms with Gasteiger partial charge in [0.1, 0.15) is 5.56 Å². The molecule has 0 N–H and O–H groups in total. The lowest BCUT2D eigenvalue weighted by atomic mass is 10.1. The molecule has 0 saturated heterocycles. The number of ketones is 1. The molecule has 3 aromatic rings. The van der Waals surface area contributed by atoms with Gasteiger partial charge in [-0.2, -0.15) is 0 Å². The molecule has 0 radical (unpaired) electrons. The van der Waals surface area contributed by atoms with Gasteiger partial charge in [0.2, 0.25) is 0 Å². The lowest BCUT2D eigenvalue weighted by Gasteiger charge is -2.06. The Morgan fingerprint density at radius 1 is 1.04 bits per heavy atom. The number of ether oxygens (including phenoxy) is 1. The van der Waals surface area contributed by atoms with E-state index in [9.17, 15) is 14.4 Å². The molecule has 1 heterocycles. The first kappa shape index (κ1) is 20.1. The first-order valence-electron chi connectivity index (χ1n) is 7.34. The third kappa shape index (κ3) is 4.43. The fourth-order valence-corrected chi connectivity index (χ4v) is 3.90. The van der Waals surface area contributed by atoms with Crippen LogP contribution in [0.1, 0.15) is 20.7 Å². The summed E-state index contributed by atoms with van der Waals surface area (Å²) in [6, 6.07) is 9.04. The Morgan fingerprint density at radius 2 is 1.78 bits per heavy atom. The second-order valence-electron chi connectivity index (χ2n) is 5.38. The summed E-state index contributed by atoms with van der Waals surface area (Å²) >= 11 is 18.3. The van der Waals surface area contributed by atoms with E-state index in [1.54, 1.807) is 12.1 Å². The zero-order valence-electron chi connectivity index (χ0n) is 13.2. The number of Topliss-reactive ketones (excluding diaryl/α,β-unsaturated/α-hetero) is 1. The summed E-state index contributed by atoms with van der Waals surface area (Å²) in [7, 11) is 0. The summed E-state index contributed by atoms with van der Waals surface area (Å²) in [4.78, 5) is 36.5. The van der Waals surface area contributed by atoms with Gasteiger partial charge in [-0.3, -0.25) is 4.79 Å². The largest absolute Gasteiger partial charge is 0.453 e. The van der Waals surface area contributed by atoms with Crippen LogP contribution in [0.4, 0.5) is 0 Å². The molecule has 138 valence electrons. The van der Waals surface area contributed by atoms with Crippen molar-refractivity contribution in [3.8, 4) is 0 Å². The smallest absolute Gasteiger partial charge is 0.351 e. The van der Waals surface area contributed by atoms with Crippen LogP contribution >= 0.6 is 55.1 Å². The number of rotatable bonds is 4. The van der Waals surface area contributed by atoms with E-state index in [0.717, 1.165) is 4.47 Å². The van der Waals surface area contributed by atoms with Gasteiger partial charge in [-0.15, -0.1) is 0 Å². The normalized spacial score (nSPS) is 10.8. The summed E-state index contributed by atoms with van der Waals surface area (Å²) in [6.07, 6.45) is 0. The van der Waals surface area contributed by atoms with Gasteiger partial charge in [-0.05, 0) is 52.3 Å². The van der Waals surface area contributed by atoms with E-state index in [4.69, 9.17) is 32.4 Å². The van der Waals surface area contributed by atoms with E-state index >= 15 is 0 Å². The van der Waals surface area contributed by atoms with Gasteiger partial charge in [-0.25, -0.2) is 9.59 Å². The van der Waals surface area contributed by atoms with Crippen molar-refractivity contribution in [3.63, 3.8) is 0 Å². The monoisotopic (exact) mass is 532 g/mol. The van der Waals surface area contributed by atoms with Crippen LogP contribution in [0.3, 0.4) is 0 Å². The van der Waals surface area contributed by atoms with Crippen molar-refractivity contribution in [3.05, 3.63) is 76.9 Å².